The first kappa shape index (κ1) is 32.3. The highest BCUT2D eigenvalue weighted by Gasteiger charge is 2.30. The third-order valence-electron chi connectivity index (χ3n) is 8.42. The molecule has 0 spiro atoms. The van der Waals surface area contributed by atoms with Crippen molar-refractivity contribution in [1.82, 2.24) is 9.88 Å². The molecule has 0 aliphatic carbocycles. The third kappa shape index (κ3) is 8.75. The molecule has 45 heavy (non-hydrogen) atoms. The summed E-state index contributed by atoms with van der Waals surface area (Å²) in [6.07, 6.45) is -0.825. The molecule has 2 N–H and O–H groups in total. The Balaban J connectivity index is 1.28. The normalized spacial score (nSPS) is 18.3. The highest BCUT2D eigenvalue weighted by Crippen LogP contribution is 2.34. The van der Waals surface area contributed by atoms with Gasteiger partial charge in [0.2, 0.25) is 5.88 Å². The summed E-state index contributed by atoms with van der Waals surface area (Å²) in [4.78, 5) is 30.4. The SMILES string of the molecule is Cc1cc(-c2ccc(OC3CCOCC3)nc2)ccc1C(CCC(F)(F)F)Nc1ccc(C(=O)N2CCC[C@@H](C(=O)O)C2)cc1. The van der Waals surface area contributed by atoms with Crippen molar-refractivity contribution in [3.8, 4) is 17.0 Å². The summed E-state index contributed by atoms with van der Waals surface area (Å²) in [7, 11) is 0. The smallest absolute Gasteiger partial charge is 0.389 e. The minimum atomic E-state index is -4.31. The van der Waals surface area contributed by atoms with E-state index in [1.165, 1.54) is 0 Å². The van der Waals surface area contributed by atoms with Crippen LogP contribution in [0.1, 0.15) is 66.1 Å². The van der Waals surface area contributed by atoms with Crippen LogP contribution in [0.4, 0.5) is 18.9 Å². The summed E-state index contributed by atoms with van der Waals surface area (Å²) in [6, 6.07) is 15.4. The first-order valence-electron chi connectivity index (χ1n) is 15.3. The van der Waals surface area contributed by atoms with Crippen LogP contribution >= 0.6 is 0 Å². The van der Waals surface area contributed by atoms with Gasteiger partial charge in [-0.25, -0.2) is 4.98 Å². The molecular formula is C34H38F3N3O5. The summed E-state index contributed by atoms with van der Waals surface area (Å²) in [5.41, 5.74) is 4.31. The molecule has 0 radical (unpaired) electrons. The molecule has 11 heteroatoms. The molecule has 1 aromatic heterocycles. The molecule has 2 aromatic carbocycles. The number of alkyl halides is 3. The zero-order valence-electron chi connectivity index (χ0n) is 25.2. The number of carboxylic acids is 1. The van der Waals surface area contributed by atoms with Crippen LogP contribution < -0.4 is 10.1 Å². The minimum Gasteiger partial charge on any atom is -0.481 e. The second-order valence-electron chi connectivity index (χ2n) is 11.7. The molecule has 2 aliphatic heterocycles. The fourth-order valence-electron chi connectivity index (χ4n) is 5.90. The lowest BCUT2D eigenvalue weighted by molar-refractivity contribution is -0.143. The quantitative estimate of drug-likeness (QED) is 0.249. The molecule has 0 bridgehead atoms. The largest absolute Gasteiger partial charge is 0.481 e. The maximum Gasteiger partial charge on any atom is 0.389 e. The van der Waals surface area contributed by atoms with Crippen molar-refractivity contribution in [2.75, 3.05) is 31.6 Å². The van der Waals surface area contributed by atoms with Gasteiger partial charge in [-0.15, -0.1) is 0 Å². The number of nitrogens with one attached hydrogen (secondary N) is 1. The second kappa shape index (κ2) is 14.3. The Morgan fingerprint density at radius 2 is 1.80 bits per heavy atom. The van der Waals surface area contributed by atoms with E-state index in [1.54, 1.807) is 35.4 Å². The van der Waals surface area contributed by atoms with Gasteiger partial charge in [0.1, 0.15) is 6.10 Å². The molecule has 5 rings (SSSR count). The van der Waals surface area contributed by atoms with E-state index in [1.807, 2.05) is 37.3 Å². The fourth-order valence-corrected chi connectivity index (χ4v) is 5.90. The third-order valence-corrected chi connectivity index (χ3v) is 8.42. The number of anilines is 1. The van der Waals surface area contributed by atoms with E-state index >= 15 is 0 Å². The molecular weight excluding hydrogens is 587 g/mol. The number of aliphatic carboxylic acids is 1. The lowest BCUT2D eigenvalue weighted by Crippen LogP contribution is -2.42. The number of carbonyl (C=O) groups excluding carboxylic acids is 1. The molecule has 2 atom stereocenters. The number of hydrogen-bond acceptors (Lipinski definition) is 6. The number of benzene rings is 2. The summed E-state index contributed by atoms with van der Waals surface area (Å²) < 4.78 is 51.2. The van der Waals surface area contributed by atoms with Gasteiger partial charge in [-0.2, -0.15) is 13.2 Å². The first-order valence-corrected chi connectivity index (χ1v) is 15.3. The number of amides is 1. The van der Waals surface area contributed by atoms with Crippen LogP contribution in [0.3, 0.4) is 0 Å². The summed E-state index contributed by atoms with van der Waals surface area (Å²) >= 11 is 0. The number of nitrogens with zero attached hydrogens (tertiary/aromatic N) is 2. The monoisotopic (exact) mass is 625 g/mol. The maximum absolute atomic E-state index is 13.3. The second-order valence-corrected chi connectivity index (χ2v) is 11.7. The minimum absolute atomic E-state index is 0.0812. The number of pyridine rings is 1. The zero-order valence-corrected chi connectivity index (χ0v) is 25.2. The van der Waals surface area contributed by atoms with Crippen LogP contribution in [0.2, 0.25) is 0 Å². The van der Waals surface area contributed by atoms with Gasteiger partial charge in [0.25, 0.3) is 5.91 Å². The lowest BCUT2D eigenvalue weighted by Gasteiger charge is -2.30. The molecule has 2 saturated heterocycles. The van der Waals surface area contributed by atoms with Gasteiger partial charge in [-0.05, 0) is 73.2 Å². The summed E-state index contributed by atoms with van der Waals surface area (Å²) in [6.45, 7) is 3.87. The van der Waals surface area contributed by atoms with E-state index in [0.717, 1.165) is 35.1 Å². The number of ether oxygens (including phenoxy) is 2. The zero-order chi connectivity index (χ0) is 32.0. The number of likely N-dealkylation sites (tertiary alicyclic amines) is 1. The van der Waals surface area contributed by atoms with E-state index < -0.39 is 30.5 Å². The van der Waals surface area contributed by atoms with Gasteiger partial charge in [-0.3, -0.25) is 9.59 Å². The Morgan fingerprint density at radius 3 is 2.44 bits per heavy atom. The molecule has 240 valence electrons. The van der Waals surface area contributed by atoms with Crippen LogP contribution in [0.5, 0.6) is 5.88 Å². The Kier molecular flexibility index (Phi) is 10.3. The van der Waals surface area contributed by atoms with Crippen LogP contribution in [-0.4, -0.2) is 65.5 Å². The van der Waals surface area contributed by atoms with Crippen LogP contribution in [0.15, 0.2) is 60.8 Å². The van der Waals surface area contributed by atoms with Crippen molar-refractivity contribution in [1.29, 1.82) is 0 Å². The van der Waals surface area contributed by atoms with Crippen molar-refractivity contribution in [2.45, 2.75) is 63.8 Å². The summed E-state index contributed by atoms with van der Waals surface area (Å²) in [5, 5.41) is 12.6. The predicted octanol–water partition coefficient (Wildman–Crippen LogP) is 7.05. The number of aryl methyl sites for hydroxylation is 1. The van der Waals surface area contributed by atoms with Gasteiger partial charge < -0.3 is 24.8 Å². The van der Waals surface area contributed by atoms with Crippen LogP contribution in [-0.2, 0) is 9.53 Å². The van der Waals surface area contributed by atoms with Crippen molar-refractivity contribution >= 4 is 17.6 Å². The molecule has 1 unspecified atom stereocenters. The number of halogens is 3. The van der Waals surface area contributed by atoms with E-state index in [9.17, 15) is 27.9 Å². The molecule has 8 nitrogen and oxygen atoms in total. The number of hydrogen-bond donors (Lipinski definition) is 2. The van der Waals surface area contributed by atoms with E-state index in [0.29, 0.717) is 49.7 Å². The molecule has 0 saturated carbocycles. The number of aromatic nitrogens is 1. The highest BCUT2D eigenvalue weighted by molar-refractivity contribution is 5.95. The number of carbonyl (C=O) groups is 2. The first-order chi connectivity index (χ1) is 21.6. The van der Waals surface area contributed by atoms with Gasteiger partial charge >= 0.3 is 12.1 Å². The predicted molar refractivity (Wildman–Crippen MR) is 163 cm³/mol. The molecule has 3 heterocycles. The Labute approximate surface area is 260 Å². The Bertz CT molecular complexity index is 1460. The Morgan fingerprint density at radius 1 is 1.07 bits per heavy atom. The number of carboxylic acid groups (broad SMARTS) is 1. The highest BCUT2D eigenvalue weighted by atomic mass is 19.4. The van der Waals surface area contributed by atoms with Gasteiger partial charge in [-0.1, -0.05) is 18.2 Å². The average molecular weight is 626 g/mol. The average Bonchev–Trinajstić information content (AvgIpc) is 3.03. The van der Waals surface area contributed by atoms with E-state index in [2.05, 4.69) is 10.3 Å². The van der Waals surface area contributed by atoms with E-state index in [-0.39, 0.29) is 25.0 Å². The molecule has 2 fully saturated rings. The van der Waals surface area contributed by atoms with E-state index in [4.69, 9.17) is 9.47 Å². The topological polar surface area (TPSA) is 101 Å². The molecule has 3 aromatic rings. The van der Waals surface area contributed by atoms with Gasteiger partial charge in [0.05, 0.1) is 25.2 Å². The van der Waals surface area contributed by atoms with Crippen molar-refractivity contribution in [2.24, 2.45) is 5.92 Å². The van der Waals surface area contributed by atoms with Gasteiger partial charge in [0, 0.05) is 61.4 Å². The molecule has 2 aliphatic rings. The van der Waals surface area contributed by atoms with Gasteiger partial charge in [0.15, 0.2) is 0 Å². The van der Waals surface area contributed by atoms with Crippen molar-refractivity contribution < 1.29 is 37.3 Å². The van der Waals surface area contributed by atoms with Crippen molar-refractivity contribution in [3.63, 3.8) is 0 Å². The van der Waals surface area contributed by atoms with Crippen molar-refractivity contribution in [3.05, 3.63) is 77.5 Å². The van der Waals surface area contributed by atoms with Crippen LogP contribution in [0, 0.1) is 12.8 Å². The van der Waals surface area contributed by atoms with Crippen LogP contribution in [0.25, 0.3) is 11.1 Å². The maximum atomic E-state index is 13.3. The number of rotatable bonds is 10. The summed E-state index contributed by atoms with van der Waals surface area (Å²) in [5.74, 6) is -1.21. The number of piperidine rings is 1. The Hall–Kier alpha value is -4.12. The fraction of sp³-hybridized carbons (Fsp3) is 0.441. The standard InChI is InChI=1S/C34H38F3N3O5/c1-22-19-24(25-7-11-31(38-20-25)45-28-13-17-44-18-14-28)6-10-29(22)30(12-15-34(35,36)37)39-27-8-4-23(5-9-27)32(41)40-16-2-3-26(21-40)33(42)43/h4-11,19-20,26,28,30,39H,2-3,12-18,21H2,1H3,(H,42,43)/t26-,30?/m1/s1. The molecule has 1 amide bonds. The lowest BCUT2D eigenvalue weighted by atomic mass is 9.93.